The number of rotatable bonds is 6. The third-order valence-corrected chi connectivity index (χ3v) is 8.30. The maximum absolute atomic E-state index is 13.9. The minimum absolute atomic E-state index is 0.288. The fourth-order valence-corrected chi connectivity index (χ4v) is 6.56. The molecular weight excluding hydrogens is 429 g/mol. The molecule has 5 nitrogen and oxygen atoms in total. The molecule has 0 bridgehead atoms. The predicted octanol–water partition coefficient (Wildman–Crippen LogP) is 4.60. The zero-order chi connectivity index (χ0) is 23.5. The van der Waals surface area contributed by atoms with E-state index in [0.717, 1.165) is 42.5 Å². The van der Waals surface area contributed by atoms with Gasteiger partial charge in [0.05, 0.1) is 23.2 Å². The van der Waals surface area contributed by atoms with Gasteiger partial charge in [0.1, 0.15) is 5.82 Å². The van der Waals surface area contributed by atoms with Crippen molar-refractivity contribution in [3.8, 4) is 5.69 Å². The molecule has 0 spiro atoms. The van der Waals surface area contributed by atoms with Gasteiger partial charge in [-0.05, 0) is 92.3 Å². The van der Waals surface area contributed by atoms with Crippen LogP contribution in [0.3, 0.4) is 0 Å². The van der Waals surface area contributed by atoms with Crippen LogP contribution in [0, 0.1) is 17.2 Å². The summed E-state index contributed by atoms with van der Waals surface area (Å²) >= 11 is 0. The number of nitrogens with zero attached hydrogens (tertiary/aromatic N) is 2. The molecule has 1 amide bonds. The lowest BCUT2D eigenvalue weighted by Crippen LogP contribution is -2.49. The van der Waals surface area contributed by atoms with Crippen LogP contribution in [0.2, 0.25) is 0 Å². The number of carbonyl (C=O) groups is 1. The van der Waals surface area contributed by atoms with E-state index < -0.39 is 11.5 Å². The van der Waals surface area contributed by atoms with Gasteiger partial charge < -0.3 is 10.8 Å². The Morgan fingerprint density at radius 1 is 1.21 bits per heavy atom. The summed E-state index contributed by atoms with van der Waals surface area (Å²) < 4.78 is 15.7. The number of nitrogens with two attached hydrogens (primary N) is 1. The van der Waals surface area contributed by atoms with Crippen molar-refractivity contribution in [2.24, 2.45) is 17.1 Å². The molecule has 0 radical (unpaired) electrons. The van der Waals surface area contributed by atoms with Gasteiger partial charge in [-0.1, -0.05) is 29.8 Å². The zero-order valence-electron chi connectivity index (χ0n) is 19.0. The van der Waals surface area contributed by atoms with Gasteiger partial charge in [0.2, 0.25) is 5.91 Å². The molecule has 2 saturated carbocycles. The average molecular weight is 458 g/mol. The van der Waals surface area contributed by atoms with Crippen LogP contribution in [-0.2, 0) is 12.8 Å². The standard InChI is InChI=1S/C28H28FN3O2/c29-22-5-3-6-23(15-22)32-25-14-21-11-13-27(34,12-10-18-4-1-2-7-24(18)26(30)33)28(21,20-8-9-20)16-19(25)17-31-32/h1-7,14-15,17,20,34H,8-13,16H2,(H2,30,33)/t27-,28?/m0/s1. The van der Waals surface area contributed by atoms with E-state index in [1.54, 1.807) is 12.1 Å². The number of hydrogen-bond acceptors (Lipinski definition) is 3. The van der Waals surface area contributed by atoms with Crippen molar-refractivity contribution in [1.29, 1.82) is 0 Å². The van der Waals surface area contributed by atoms with Gasteiger partial charge in [-0.2, -0.15) is 5.10 Å². The first-order valence-corrected chi connectivity index (χ1v) is 12.1. The first-order valence-electron chi connectivity index (χ1n) is 12.1. The molecule has 34 heavy (non-hydrogen) atoms. The van der Waals surface area contributed by atoms with Crippen LogP contribution in [0.4, 0.5) is 4.39 Å². The van der Waals surface area contributed by atoms with Crippen LogP contribution < -0.4 is 5.73 Å². The van der Waals surface area contributed by atoms with Crippen molar-refractivity contribution in [1.82, 2.24) is 9.78 Å². The molecule has 6 heteroatoms. The van der Waals surface area contributed by atoms with Gasteiger partial charge in [-0.25, -0.2) is 9.07 Å². The van der Waals surface area contributed by atoms with E-state index in [4.69, 9.17) is 5.73 Å². The fraction of sp³-hybridized carbons (Fsp3) is 0.357. The number of amides is 1. The number of primary amides is 1. The van der Waals surface area contributed by atoms with Gasteiger partial charge in [-0.15, -0.1) is 0 Å². The molecule has 3 aliphatic rings. The summed E-state index contributed by atoms with van der Waals surface area (Å²) in [5.41, 5.74) is 9.91. The van der Waals surface area contributed by atoms with Crippen molar-refractivity contribution in [2.45, 2.75) is 50.5 Å². The lowest BCUT2D eigenvalue weighted by Gasteiger charge is -2.46. The number of benzene rings is 2. The average Bonchev–Trinajstić information content (AvgIpc) is 3.54. The molecule has 2 fully saturated rings. The maximum Gasteiger partial charge on any atom is 0.248 e. The largest absolute Gasteiger partial charge is 0.389 e. The summed E-state index contributed by atoms with van der Waals surface area (Å²) in [6, 6.07) is 13.9. The Hall–Kier alpha value is -3.25. The number of halogens is 1. The summed E-state index contributed by atoms with van der Waals surface area (Å²) in [5.74, 6) is -0.272. The van der Waals surface area contributed by atoms with E-state index in [0.29, 0.717) is 36.4 Å². The minimum Gasteiger partial charge on any atom is -0.389 e. The Kier molecular flexibility index (Phi) is 4.78. The van der Waals surface area contributed by atoms with E-state index in [1.807, 2.05) is 35.1 Å². The van der Waals surface area contributed by atoms with E-state index in [9.17, 15) is 14.3 Å². The highest BCUT2D eigenvalue weighted by Crippen LogP contribution is 2.66. The summed E-state index contributed by atoms with van der Waals surface area (Å²) in [6.07, 6.45) is 9.76. The normalized spacial score (nSPS) is 25.5. The molecule has 2 atom stereocenters. The van der Waals surface area contributed by atoms with Crippen LogP contribution in [0.15, 0.2) is 60.3 Å². The second kappa shape index (κ2) is 7.64. The molecule has 174 valence electrons. The number of aliphatic hydroxyl groups is 1. The lowest BCUT2D eigenvalue weighted by molar-refractivity contribution is -0.0661. The molecule has 6 rings (SSSR count). The second-order valence-electron chi connectivity index (χ2n) is 10.1. The van der Waals surface area contributed by atoms with E-state index in [2.05, 4.69) is 11.2 Å². The molecule has 1 heterocycles. The summed E-state index contributed by atoms with van der Waals surface area (Å²) in [6.45, 7) is 0. The van der Waals surface area contributed by atoms with Gasteiger partial charge in [0.25, 0.3) is 0 Å². The van der Waals surface area contributed by atoms with Crippen LogP contribution in [0.25, 0.3) is 11.8 Å². The smallest absolute Gasteiger partial charge is 0.248 e. The van der Waals surface area contributed by atoms with Crippen LogP contribution in [-0.4, -0.2) is 26.4 Å². The highest BCUT2D eigenvalue weighted by Gasteiger charge is 2.63. The molecule has 0 aliphatic heterocycles. The Bertz CT molecular complexity index is 1320. The monoisotopic (exact) mass is 457 g/mol. The van der Waals surface area contributed by atoms with Crippen LogP contribution in [0.1, 0.15) is 59.3 Å². The third kappa shape index (κ3) is 3.16. The Morgan fingerprint density at radius 2 is 2.03 bits per heavy atom. The first-order chi connectivity index (χ1) is 16.4. The summed E-state index contributed by atoms with van der Waals surface area (Å²) in [4.78, 5) is 11.9. The summed E-state index contributed by atoms with van der Waals surface area (Å²) in [5, 5.41) is 16.8. The number of hydrogen-bond donors (Lipinski definition) is 2. The molecule has 0 saturated heterocycles. The van der Waals surface area contributed by atoms with Gasteiger partial charge >= 0.3 is 0 Å². The fourth-order valence-electron chi connectivity index (χ4n) is 6.56. The van der Waals surface area contributed by atoms with Crippen molar-refractivity contribution in [3.05, 3.63) is 88.5 Å². The highest BCUT2D eigenvalue weighted by atomic mass is 19.1. The van der Waals surface area contributed by atoms with Gasteiger partial charge in [0, 0.05) is 11.0 Å². The summed E-state index contributed by atoms with van der Waals surface area (Å²) in [7, 11) is 0. The van der Waals surface area contributed by atoms with E-state index in [-0.39, 0.29) is 11.2 Å². The van der Waals surface area contributed by atoms with Crippen molar-refractivity contribution < 1.29 is 14.3 Å². The third-order valence-electron chi connectivity index (χ3n) is 8.30. The minimum atomic E-state index is -0.858. The molecule has 1 unspecified atom stereocenters. The van der Waals surface area contributed by atoms with Crippen molar-refractivity contribution in [2.75, 3.05) is 0 Å². The van der Waals surface area contributed by atoms with Crippen molar-refractivity contribution in [3.63, 3.8) is 0 Å². The first kappa shape index (κ1) is 21.3. The number of aromatic nitrogens is 2. The van der Waals surface area contributed by atoms with Gasteiger partial charge in [-0.3, -0.25) is 4.79 Å². The Balaban J connectivity index is 1.36. The molecule has 3 N–H and O–H groups in total. The highest BCUT2D eigenvalue weighted by molar-refractivity contribution is 5.94. The molecule has 3 aliphatic carbocycles. The topological polar surface area (TPSA) is 81.1 Å². The number of aryl methyl sites for hydroxylation is 1. The van der Waals surface area contributed by atoms with Crippen molar-refractivity contribution >= 4 is 12.0 Å². The van der Waals surface area contributed by atoms with E-state index >= 15 is 0 Å². The molecular formula is C28H28FN3O2. The van der Waals surface area contributed by atoms with Crippen LogP contribution in [0.5, 0.6) is 0 Å². The SMILES string of the molecule is NC(=O)c1ccccc1CC[C@]1(O)CCC2=Cc3c(cnn3-c3cccc(F)c3)CC21C1CC1. The van der Waals surface area contributed by atoms with Gasteiger partial charge in [0.15, 0.2) is 0 Å². The molecule has 2 aromatic carbocycles. The predicted molar refractivity (Wildman–Crippen MR) is 128 cm³/mol. The van der Waals surface area contributed by atoms with E-state index in [1.165, 1.54) is 17.7 Å². The maximum atomic E-state index is 13.9. The Morgan fingerprint density at radius 3 is 2.79 bits per heavy atom. The van der Waals surface area contributed by atoms with Crippen LogP contribution >= 0.6 is 0 Å². The number of carbonyl (C=O) groups excluding carboxylic acids is 1. The number of fused-ring (bicyclic) bond motifs is 2. The molecule has 3 aromatic rings. The quantitative estimate of drug-likeness (QED) is 0.568. The Labute approximate surface area is 198 Å². The lowest BCUT2D eigenvalue weighted by atomic mass is 9.61. The zero-order valence-corrected chi connectivity index (χ0v) is 19.0. The second-order valence-corrected chi connectivity index (χ2v) is 10.1. The molecule has 1 aromatic heterocycles.